The van der Waals surface area contributed by atoms with E-state index in [0.717, 1.165) is 43.6 Å². The molecular weight excluding hydrogens is 408 g/mol. The van der Waals surface area contributed by atoms with Crippen molar-refractivity contribution in [3.05, 3.63) is 59.3 Å². The number of rotatable bonds is 11. The number of nitriles is 1. The molecule has 0 aliphatic carbocycles. The van der Waals surface area contributed by atoms with Gasteiger partial charge in [0.05, 0.1) is 11.6 Å². The van der Waals surface area contributed by atoms with Gasteiger partial charge < -0.3 is 19.6 Å². The van der Waals surface area contributed by atoms with Crippen LogP contribution in [-0.2, 0) is 27.4 Å². The van der Waals surface area contributed by atoms with Crippen molar-refractivity contribution in [3.63, 3.8) is 0 Å². The highest BCUT2D eigenvalue weighted by molar-refractivity contribution is 5.77. The molecule has 0 radical (unpaired) electrons. The minimum Gasteiger partial charge on any atom is -0.468 e. The number of amides is 1. The van der Waals surface area contributed by atoms with E-state index >= 15 is 0 Å². The van der Waals surface area contributed by atoms with Crippen molar-refractivity contribution in [2.45, 2.75) is 32.3 Å². The van der Waals surface area contributed by atoms with Crippen molar-refractivity contribution < 1.29 is 19.1 Å². The number of carbonyl (C=O) groups is 1. The van der Waals surface area contributed by atoms with Crippen LogP contribution in [-0.4, -0.2) is 43.5 Å². The molecule has 1 amide bonds. The normalized spacial score (nSPS) is 14.1. The summed E-state index contributed by atoms with van der Waals surface area (Å²) in [5, 5.41) is 15.6. The molecule has 2 heterocycles. The summed E-state index contributed by atoms with van der Waals surface area (Å²) in [7, 11) is 0. The monoisotopic (exact) mass is 436 g/mol. The van der Waals surface area contributed by atoms with Crippen LogP contribution < -0.4 is 10.1 Å². The maximum absolute atomic E-state index is 11.9. The maximum Gasteiger partial charge on any atom is 0.258 e. The summed E-state index contributed by atoms with van der Waals surface area (Å²) in [6.45, 7) is 2.52. The molecule has 1 aliphatic heterocycles. The van der Waals surface area contributed by atoms with E-state index in [1.807, 2.05) is 18.2 Å². The van der Waals surface area contributed by atoms with E-state index in [1.54, 1.807) is 30.6 Å². The van der Waals surface area contributed by atoms with Gasteiger partial charge >= 0.3 is 0 Å². The van der Waals surface area contributed by atoms with E-state index in [-0.39, 0.29) is 12.5 Å². The standard InChI is InChI=1S/C24H28N4O4/c25-14-19-3-5-22(6-4-19)17-32-28-11-1-2-20-7-8-24(27-16-20)31-18-23(29)26-15-21-9-12-30-13-10-21/h3-8,11,16,21H,1-2,9-10,12-13,15,17-18H2,(H,26,29). The van der Waals surface area contributed by atoms with E-state index in [0.29, 0.717) is 36.9 Å². The van der Waals surface area contributed by atoms with Gasteiger partial charge in [0.25, 0.3) is 5.91 Å². The SMILES string of the molecule is N#Cc1ccc(CON=CCCc2ccc(OCC(=O)NCC3CCOCC3)nc2)cc1. The first kappa shape index (κ1) is 23.2. The summed E-state index contributed by atoms with van der Waals surface area (Å²) in [6, 6.07) is 13.0. The Hall–Kier alpha value is -3.44. The first-order valence-electron chi connectivity index (χ1n) is 10.8. The Balaban J connectivity index is 1.28. The number of nitrogens with zero attached hydrogens (tertiary/aromatic N) is 3. The number of nitrogens with one attached hydrogen (secondary N) is 1. The summed E-state index contributed by atoms with van der Waals surface area (Å²) in [4.78, 5) is 21.5. The lowest BCUT2D eigenvalue weighted by molar-refractivity contribution is -0.123. The number of carbonyl (C=O) groups excluding carboxylic acids is 1. The highest BCUT2D eigenvalue weighted by atomic mass is 16.6. The van der Waals surface area contributed by atoms with Crippen molar-refractivity contribution in [2.75, 3.05) is 26.4 Å². The highest BCUT2D eigenvalue weighted by Crippen LogP contribution is 2.13. The number of benzene rings is 1. The van der Waals surface area contributed by atoms with E-state index in [4.69, 9.17) is 19.6 Å². The van der Waals surface area contributed by atoms with Crippen LogP contribution in [0.3, 0.4) is 0 Å². The van der Waals surface area contributed by atoms with Crippen LogP contribution >= 0.6 is 0 Å². The Morgan fingerprint density at radius 1 is 1.22 bits per heavy atom. The topological polar surface area (TPSA) is 106 Å². The molecule has 1 fully saturated rings. The van der Waals surface area contributed by atoms with Crippen LogP contribution in [0.2, 0.25) is 0 Å². The quantitative estimate of drug-likeness (QED) is 0.429. The van der Waals surface area contributed by atoms with Crippen LogP contribution in [0.5, 0.6) is 5.88 Å². The fourth-order valence-electron chi connectivity index (χ4n) is 3.17. The molecule has 2 aromatic rings. The molecule has 168 valence electrons. The number of aryl methyl sites for hydroxylation is 1. The lowest BCUT2D eigenvalue weighted by atomic mass is 10.0. The average Bonchev–Trinajstić information content (AvgIpc) is 2.85. The van der Waals surface area contributed by atoms with Crippen molar-refractivity contribution in [2.24, 2.45) is 11.1 Å². The molecule has 1 aromatic heterocycles. The van der Waals surface area contributed by atoms with Gasteiger partial charge in [-0.2, -0.15) is 5.26 Å². The average molecular weight is 437 g/mol. The predicted octanol–water partition coefficient (Wildman–Crippen LogP) is 3.01. The fraction of sp³-hybridized carbons (Fsp3) is 0.417. The van der Waals surface area contributed by atoms with E-state index in [1.165, 1.54) is 0 Å². The summed E-state index contributed by atoms with van der Waals surface area (Å²) in [6.07, 6.45) is 6.90. The van der Waals surface area contributed by atoms with Crippen molar-refractivity contribution in [3.8, 4) is 11.9 Å². The molecule has 1 aromatic carbocycles. The van der Waals surface area contributed by atoms with E-state index in [9.17, 15) is 4.79 Å². The number of ether oxygens (including phenoxy) is 2. The largest absolute Gasteiger partial charge is 0.468 e. The Labute approximate surface area is 188 Å². The zero-order chi connectivity index (χ0) is 22.4. The second-order valence-corrected chi connectivity index (χ2v) is 7.56. The summed E-state index contributed by atoms with van der Waals surface area (Å²) in [5.74, 6) is 0.768. The molecule has 0 atom stereocenters. The fourth-order valence-corrected chi connectivity index (χ4v) is 3.17. The van der Waals surface area contributed by atoms with Crippen LogP contribution in [0.1, 0.15) is 36.0 Å². The molecule has 0 saturated carbocycles. The Bertz CT molecular complexity index is 901. The van der Waals surface area contributed by atoms with Gasteiger partial charge in [-0.15, -0.1) is 0 Å². The van der Waals surface area contributed by atoms with Crippen molar-refractivity contribution in [1.29, 1.82) is 5.26 Å². The Morgan fingerprint density at radius 2 is 2.00 bits per heavy atom. The summed E-state index contributed by atoms with van der Waals surface area (Å²) >= 11 is 0. The number of pyridine rings is 1. The molecule has 32 heavy (non-hydrogen) atoms. The third kappa shape index (κ3) is 8.36. The molecule has 8 heteroatoms. The molecule has 1 aliphatic rings. The van der Waals surface area contributed by atoms with Crippen molar-refractivity contribution >= 4 is 12.1 Å². The zero-order valence-electron chi connectivity index (χ0n) is 18.0. The van der Waals surface area contributed by atoms with Gasteiger partial charge in [-0.3, -0.25) is 4.79 Å². The third-order valence-corrected chi connectivity index (χ3v) is 5.10. The second-order valence-electron chi connectivity index (χ2n) is 7.56. The van der Waals surface area contributed by atoms with Gasteiger partial charge in [-0.05, 0) is 54.9 Å². The molecule has 0 spiro atoms. The molecule has 3 rings (SSSR count). The van der Waals surface area contributed by atoms with Gasteiger partial charge in [-0.1, -0.05) is 23.4 Å². The summed E-state index contributed by atoms with van der Waals surface area (Å²) < 4.78 is 10.8. The predicted molar refractivity (Wildman–Crippen MR) is 119 cm³/mol. The van der Waals surface area contributed by atoms with Gasteiger partial charge in [-0.25, -0.2) is 4.98 Å². The summed E-state index contributed by atoms with van der Waals surface area (Å²) in [5.41, 5.74) is 2.62. The number of oxime groups is 1. The van der Waals surface area contributed by atoms with E-state index in [2.05, 4.69) is 21.5 Å². The molecule has 0 bridgehead atoms. The number of hydrogen-bond donors (Lipinski definition) is 1. The molecule has 8 nitrogen and oxygen atoms in total. The van der Waals surface area contributed by atoms with Gasteiger partial charge in [0.15, 0.2) is 6.61 Å². The smallest absolute Gasteiger partial charge is 0.258 e. The van der Waals surface area contributed by atoms with Crippen LogP contribution in [0, 0.1) is 17.2 Å². The minimum absolute atomic E-state index is 0.0429. The van der Waals surface area contributed by atoms with Gasteiger partial charge in [0, 0.05) is 38.2 Å². The minimum atomic E-state index is -0.139. The van der Waals surface area contributed by atoms with Gasteiger partial charge in [0.2, 0.25) is 5.88 Å². The van der Waals surface area contributed by atoms with Crippen LogP contribution in [0.15, 0.2) is 47.8 Å². The molecular formula is C24H28N4O4. The Morgan fingerprint density at radius 3 is 2.72 bits per heavy atom. The first-order valence-corrected chi connectivity index (χ1v) is 10.8. The molecule has 0 unspecified atom stereocenters. The Kier molecular flexibility index (Phi) is 9.49. The second kappa shape index (κ2) is 13.1. The lowest BCUT2D eigenvalue weighted by Crippen LogP contribution is -2.35. The molecule has 1 N–H and O–H groups in total. The van der Waals surface area contributed by atoms with E-state index < -0.39 is 0 Å². The van der Waals surface area contributed by atoms with Crippen LogP contribution in [0.25, 0.3) is 0 Å². The van der Waals surface area contributed by atoms with Crippen LogP contribution in [0.4, 0.5) is 0 Å². The van der Waals surface area contributed by atoms with Crippen molar-refractivity contribution in [1.82, 2.24) is 10.3 Å². The third-order valence-electron chi connectivity index (χ3n) is 5.10. The number of aromatic nitrogens is 1. The lowest BCUT2D eigenvalue weighted by Gasteiger charge is -2.22. The zero-order valence-corrected chi connectivity index (χ0v) is 18.0. The van der Waals surface area contributed by atoms with Gasteiger partial charge in [0.1, 0.15) is 6.61 Å². The maximum atomic E-state index is 11.9. The molecule has 1 saturated heterocycles. The highest BCUT2D eigenvalue weighted by Gasteiger charge is 2.14. The first-order chi connectivity index (χ1) is 15.7. The number of hydrogen-bond acceptors (Lipinski definition) is 7.